The second-order valence-corrected chi connectivity index (χ2v) is 5.15. The number of benzene rings is 1. The zero-order chi connectivity index (χ0) is 13.0. The van der Waals surface area contributed by atoms with E-state index in [-0.39, 0.29) is 0 Å². The molecule has 0 atom stereocenters. The van der Waals surface area contributed by atoms with Gasteiger partial charge in [-0.3, -0.25) is 0 Å². The molecule has 3 heteroatoms. The number of para-hydroxylation sites is 1. The van der Waals surface area contributed by atoms with Gasteiger partial charge in [0.1, 0.15) is 5.82 Å². The van der Waals surface area contributed by atoms with E-state index in [1.165, 1.54) is 30.3 Å². The fourth-order valence-corrected chi connectivity index (χ4v) is 2.55. The first-order valence-corrected chi connectivity index (χ1v) is 7.32. The van der Waals surface area contributed by atoms with Crippen LogP contribution in [0.5, 0.6) is 0 Å². The van der Waals surface area contributed by atoms with Gasteiger partial charge in [0.2, 0.25) is 0 Å². The van der Waals surface area contributed by atoms with E-state index < -0.39 is 0 Å². The molecule has 0 saturated carbocycles. The Hall–Kier alpha value is -1.02. The highest BCUT2D eigenvalue weighted by Crippen LogP contribution is 2.21. The van der Waals surface area contributed by atoms with E-state index in [0.717, 1.165) is 24.3 Å². The zero-order valence-corrected chi connectivity index (χ0v) is 12.0. The first-order valence-electron chi connectivity index (χ1n) is 6.78. The molecule has 0 aliphatic carbocycles. The number of nitrogens with zero attached hydrogens (tertiary/aromatic N) is 2. The van der Waals surface area contributed by atoms with E-state index in [9.17, 15) is 0 Å². The number of aryl methyl sites for hydroxylation is 3. The standard InChI is InChI=1S/C15H21ClN2/c1-3-4-5-11-18-13-8-6-7-12(2)15(13)17-14(18)9-10-16/h6-8H,3-5,9-11H2,1-2H3. The molecule has 0 unspecified atom stereocenters. The third-order valence-electron chi connectivity index (χ3n) is 3.36. The zero-order valence-electron chi connectivity index (χ0n) is 11.2. The highest BCUT2D eigenvalue weighted by Gasteiger charge is 2.11. The summed E-state index contributed by atoms with van der Waals surface area (Å²) in [7, 11) is 0. The van der Waals surface area contributed by atoms with Crippen LogP contribution in [0.1, 0.15) is 37.6 Å². The van der Waals surface area contributed by atoms with Crippen LogP contribution in [0.25, 0.3) is 11.0 Å². The van der Waals surface area contributed by atoms with Gasteiger partial charge in [-0.25, -0.2) is 4.98 Å². The fraction of sp³-hybridized carbons (Fsp3) is 0.533. The molecule has 0 saturated heterocycles. The Kier molecular flexibility index (Phi) is 4.65. The summed E-state index contributed by atoms with van der Waals surface area (Å²) in [4.78, 5) is 4.76. The Labute approximate surface area is 114 Å². The van der Waals surface area contributed by atoms with Crippen molar-refractivity contribution in [1.82, 2.24) is 9.55 Å². The average Bonchev–Trinajstić information content (AvgIpc) is 2.70. The molecule has 0 fully saturated rings. The molecule has 2 nitrogen and oxygen atoms in total. The molecule has 2 rings (SSSR count). The van der Waals surface area contributed by atoms with Gasteiger partial charge in [0, 0.05) is 18.8 Å². The van der Waals surface area contributed by atoms with Crippen molar-refractivity contribution in [1.29, 1.82) is 0 Å². The molecule has 1 aromatic heterocycles. The van der Waals surface area contributed by atoms with Gasteiger partial charge in [-0.05, 0) is 25.0 Å². The third-order valence-corrected chi connectivity index (χ3v) is 3.55. The molecule has 18 heavy (non-hydrogen) atoms. The molecule has 1 aromatic carbocycles. The van der Waals surface area contributed by atoms with Gasteiger partial charge in [-0.1, -0.05) is 31.9 Å². The Bertz CT molecular complexity index is 516. The number of hydrogen-bond donors (Lipinski definition) is 0. The molecular formula is C15H21ClN2. The van der Waals surface area contributed by atoms with Crippen molar-refractivity contribution in [2.75, 3.05) is 5.88 Å². The summed E-state index contributed by atoms with van der Waals surface area (Å²) in [5.41, 5.74) is 3.64. The Morgan fingerprint density at radius 1 is 1.28 bits per heavy atom. The van der Waals surface area contributed by atoms with Crippen LogP contribution < -0.4 is 0 Å². The fourth-order valence-electron chi connectivity index (χ4n) is 2.38. The number of imidazole rings is 1. The molecule has 0 aliphatic heterocycles. The van der Waals surface area contributed by atoms with Gasteiger partial charge in [-0.2, -0.15) is 0 Å². The lowest BCUT2D eigenvalue weighted by Gasteiger charge is -2.08. The quantitative estimate of drug-likeness (QED) is 0.561. The number of aromatic nitrogens is 2. The second kappa shape index (κ2) is 6.24. The molecule has 0 N–H and O–H groups in total. The average molecular weight is 265 g/mol. The van der Waals surface area contributed by atoms with E-state index in [1.54, 1.807) is 0 Å². The smallest absolute Gasteiger partial charge is 0.111 e. The van der Waals surface area contributed by atoms with Crippen LogP contribution in [0.2, 0.25) is 0 Å². The maximum atomic E-state index is 5.88. The summed E-state index contributed by atoms with van der Waals surface area (Å²) in [5.74, 6) is 1.77. The highest BCUT2D eigenvalue weighted by molar-refractivity contribution is 6.17. The van der Waals surface area contributed by atoms with Crippen molar-refractivity contribution >= 4 is 22.6 Å². The lowest BCUT2D eigenvalue weighted by atomic mass is 10.2. The van der Waals surface area contributed by atoms with E-state index in [1.807, 2.05) is 0 Å². The lowest BCUT2D eigenvalue weighted by molar-refractivity contribution is 0.594. The number of halogens is 1. The number of fused-ring (bicyclic) bond motifs is 1. The Balaban J connectivity index is 2.39. The van der Waals surface area contributed by atoms with Crippen LogP contribution in [0, 0.1) is 6.92 Å². The summed E-state index contributed by atoms with van der Waals surface area (Å²) >= 11 is 5.88. The number of unbranched alkanes of at least 4 members (excludes halogenated alkanes) is 2. The Morgan fingerprint density at radius 3 is 2.83 bits per heavy atom. The minimum Gasteiger partial charge on any atom is -0.328 e. The minimum absolute atomic E-state index is 0.635. The van der Waals surface area contributed by atoms with Gasteiger partial charge in [-0.15, -0.1) is 11.6 Å². The van der Waals surface area contributed by atoms with Gasteiger partial charge in [0.05, 0.1) is 11.0 Å². The van der Waals surface area contributed by atoms with Crippen molar-refractivity contribution in [2.45, 2.75) is 46.1 Å². The van der Waals surface area contributed by atoms with Crippen molar-refractivity contribution in [3.05, 3.63) is 29.6 Å². The minimum atomic E-state index is 0.635. The largest absolute Gasteiger partial charge is 0.328 e. The molecule has 0 amide bonds. The highest BCUT2D eigenvalue weighted by atomic mass is 35.5. The van der Waals surface area contributed by atoms with E-state index in [0.29, 0.717) is 5.88 Å². The SMILES string of the molecule is CCCCCn1c(CCCl)nc2c(C)cccc21. The lowest BCUT2D eigenvalue weighted by Crippen LogP contribution is -2.04. The summed E-state index contributed by atoms with van der Waals surface area (Å²) in [6, 6.07) is 6.40. The third kappa shape index (κ3) is 2.69. The van der Waals surface area contributed by atoms with Gasteiger partial charge < -0.3 is 4.57 Å². The summed E-state index contributed by atoms with van der Waals surface area (Å²) in [5, 5.41) is 0. The molecule has 0 aliphatic rings. The van der Waals surface area contributed by atoms with Crippen molar-refractivity contribution < 1.29 is 0 Å². The summed E-state index contributed by atoms with van der Waals surface area (Å²) in [6.45, 7) is 5.41. The molecule has 2 aromatic rings. The normalized spacial score (nSPS) is 11.3. The number of alkyl halides is 1. The molecule has 0 spiro atoms. The molecule has 0 bridgehead atoms. The monoisotopic (exact) mass is 264 g/mol. The predicted octanol–water partition coefficient (Wildman–Crippen LogP) is 4.32. The van der Waals surface area contributed by atoms with Gasteiger partial charge in [0.25, 0.3) is 0 Å². The van der Waals surface area contributed by atoms with Gasteiger partial charge in [0.15, 0.2) is 0 Å². The summed E-state index contributed by atoms with van der Waals surface area (Å²) in [6.07, 6.45) is 4.58. The molecule has 0 radical (unpaired) electrons. The van der Waals surface area contributed by atoms with Crippen molar-refractivity contribution in [3.63, 3.8) is 0 Å². The Morgan fingerprint density at radius 2 is 2.11 bits per heavy atom. The van der Waals surface area contributed by atoms with Crippen molar-refractivity contribution in [2.24, 2.45) is 0 Å². The van der Waals surface area contributed by atoms with E-state index in [4.69, 9.17) is 16.6 Å². The number of hydrogen-bond acceptors (Lipinski definition) is 1. The van der Waals surface area contributed by atoms with Crippen LogP contribution in [0.4, 0.5) is 0 Å². The van der Waals surface area contributed by atoms with Crippen LogP contribution in [0.15, 0.2) is 18.2 Å². The summed E-state index contributed by atoms with van der Waals surface area (Å²) < 4.78 is 2.35. The first kappa shape index (κ1) is 13.4. The molecule has 98 valence electrons. The number of rotatable bonds is 6. The maximum absolute atomic E-state index is 5.88. The first-order chi connectivity index (χ1) is 8.77. The molecule has 1 heterocycles. The van der Waals surface area contributed by atoms with Crippen LogP contribution in [-0.2, 0) is 13.0 Å². The van der Waals surface area contributed by atoms with Crippen LogP contribution in [-0.4, -0.2) is 15.4 Å². The second-order valence-electron chi connectivity index (χ2n) is 4.77. The van der Waals surface area contributed by atoms with Crippen molar-refractivity contribution in [3.8, 4) is 0 Å². The molecular weight excluding hydrogens is 244 g/mol. The van der Waals surface area contributed by atoms with E-state index >= 15 is 0 Å². The maximum Gasteiger partial charge on any atom is 0.111 e. The van der Waals surface area contributed by atoms with Gasteiger partial charge >= 0.3 is 0 Å². The van der Waals surface area contributed by atoms with E-state index in [2.05, 4.69) is 36.6 Å². The van der Waals surface area contributed by atoms with Crippen LogP contribution in [0.3, 0.4) is 0 Å². The predicted molar refractivity (Wildman–Crippen MR) is 78.4 cm³/mol. The van der Waals surface area contributed by atoms with Crippen LogP contribution >= 0.6 is 11.6 Å². The topological polar surface area (TPSA) is 17.8 Å².